The third-order valence-corrected chi connectivity index (χ3v) is 15.0. The first-order valence-corrected chi connectivity index (χ1v) is 21.8. The lowest BCUT2D eigenvalue weighted by Gasteiger charge is -2.47. The number of imide groups is 1. The summed E-state index contributed by atoms with van der Waals surface area (Å²) in [6.45, 7) is 5.12. The van der Waals surface area contributed by atoms with Crippen molar-refractivity contribution in [2.75, 3.05) is 44.2 Å². The molecule has 304 valence electrons. The molecule has 4 saturated heterocycles. The van der Waals surface area contributed by atoms with Gasteiger partial charge < -0.3 is 14.5 Å². The molecule has 6 heterocycles. The molecule has 0 radical (unpaired) electrons. The topological polar surface area (TPSA) is 96.8 Å². The van der Waals surface area contributed by atoms with Gasteiger partial charge >= 0.3 is 0 Å². The van der Waals surface area contributed by atoms with Crippen molar-refractivity contribution in [3.05, 3.63) is 98.1 Å². The second-order valence-electron chi connectivity index (χ2n) is 17.9. The molecule has 12 heteroatoms. The molecule has 3 aromatic carbocycles. The van der Waals surface area contributed by atoms with Gasteiger partial charge in [-0.2, -0.15) is 4.98 Å². The minimum Gasteiger partial charge on any atom is -0.375 e. The standard InChI is InChI=1S/C46H50ClF2N5O4/c47-34-5-4-6-37-41(34)43(57)51-44-46(14-2-1-3-15-46)33-9-7-30(23-38(33)54(37)44)29-12-19-52(20-13-29)26-28-11-16-45(58-27-28)17-21-53(22-18-45)31-24-35(48)40(36(49)25-31)32-8-10-39(55)50-42(32)56/h4-7,9,23-25,28-29,32H,1-3,8,10-22,26-27H2,(H,50,55,56). The predicted octanol–water partition coefficient (Wildman–Crippen LogP) is 8.05. The van der Waals surface area contributed by atoms with Crippen molar-refractivity contribution in [3.63, 3.8) is 0 Å². The fourth-order valence-electron chi connectivity index (χ4n) is 11.5. The summed E-state index contributed by atoms with van der Waals surface area (Å²) < 4.78 is 39.4. The number of benzene rings is 3. The number of hydrogen-bond acceptors (Lipinski definition) is 7. The molecule has 5 aliphatic heterocycles. The number of amides is 2. The Balaban J connectivity index is 0.757. The van der Waals surface area contributed by atoms with Gasteiger partial charge in [-0.25, -0.2) is 8.78 Å². The van der Waals surface area contributed by atoms with E-state index in [1.165, 1.54) is 29.7 Å². The molecule has 9 nitrogen and oxygen atoms in total. The minimum absolute atomic E-state index is 0.0659. The first-order valence-electron chi connectivity index (χ1n) is 21.4. The molecule has 2 spiro atoms. The Hall–Kier alpha value is -4.19. The van der Waals surface area contributed by atoms with Crippen LogP contribution in [0.15, 0.2) is 53.3 Å². The highest BCUT2D eigenvalue weighted by Crippen LogP contribution is 2.52. The van der Waals surface area contributed by atoms with Gasteiger partial charge in [0.25, 0.3) is 5.56 Å². The number of anilines is 1. The predicted molar refractivity (Wildman–Crippen MR) is 219 cm³/mol. The van der Waals surface area contributed by atoms with Gasteiger partial charge in [-0.15, -0.1) is 0 Å². The Morgan fingerprint density at radius 3 is 2.33 bits per heavy atom. The molecule has 1 saturated carbocycles. The molecule has 6 aliphatic rings. The van der Waals surface area contributed by atoms with Gasteiger partial charge in [-0.05, 0) is 124 Å². The van der Waals surface area contributed by atoms with Crippen LogP contribution in [0.1, 0.15) is 118 Å². The molecule has 2 amide bonds. The van der Waals surface area contributed by atoms with Crippen molar-refractivity contribution in [1.82, 2.24) is 19.8 Å². The van der Waals surface area contributed by atoms with E-state index in [0.717, 1.165) is 107 Å². The molecule has 2 atom stereocenters. The molecule has 0 bridgehead atoms. The third-order valence-electron chi connectivity index (χ3n) is 14.7. The van der Waals surface area contributed by atoms with Crippen molar-refractivity contribution in [2.45, 2.75) is 106 Å². The van der Waals surface area contributed by atoms with E-state index in [4.69, 9.17) is 21.3 Å². The van der Waals surface area contributed by atoms with Crippen molar-refractivity contribution in [2.24, 2.45) is 5.92 Å². The number of ether oxygens (including phenoxy) is 1. The monoisotopic (exact) mass is 809 g/mol. The van der Waals surface area contributed by atoms with Crippen molar-refractivity contribution in [1.29, 1.82) is 0 Å². The summed E-state index contributed by atoms with van der Waals surface area (Å²) in [4.78, 5) is 46.6. The van der Waals surface area contributed by atoms with E-state index in [9.17, 15) is 14.4 Å². The zero-order valence-electron chi connectivity index (χ0n) is 32.8. The Kier molecular flexibility index (Phi) is 9.72. The number of carbonyl (C=O) groups is 2. The van der Waals surface area contributed by atoms with Crippen LogP contribution in [-0.2, 0) is 19.7 Å². The van der Waals surface area contributed by atoms with Crippen LogP contribution in [0.3, 0.4) is 0 Å². The largest absolute Gasteiger partial charge is 0.375 e. The van der Waals surface area contributed by atoms with Gasteiger partial charge in [0, 0.05) is 37.3 Å². The SMILES string of the molecule is O=C1CCC(c2c(F)cc(N3CCC4(CCC(CN5CCC(c6ccc7c(c6)-n6c(nc(=O)c8c(Cl)cccc86)C76CCCCC6)CC5)CO4)CC3)cc2F)C(=O)N1. The number of rotatable bonds is 5. The number of piperidine rings is 3. The zero-order chi connectivity index (χ0) is 39.8. The molecule has 4 aromatic rings. The fraction of sp³-hybridized carbons (Fsp3) is 0.522. The van der Waals surface area contributed by atoms with E-state index < -0.39 is 29.4 Å². The number of fused-ring (bicyclic) bond motifs is 7. The van der Waals surface area contributed by atoms with E-state index in [1.807, 2.05) is 17.0 Å². The molecule has 5 fully saturated rings. The van der Waals surface area contributed by atoms with Crippen LogP contribution in [-0.4, -0.2) is 71.2 Å². The summed E-state index contributed by atoms with van der Waals surface area (Å²) in [7, 11) is 0. The number of likely N-dealkylation sites (tertiary alicyclic amines) is 1. The lowest BCUT2D eigenvalue weighted by atomic mass is 9.69. The van der Waals surface area contributed by atoms with Crippen molar-refractivity contribution >= 4 is 40.0 Å². The smallest absolute Gasteiger partial charge is 0.282 e. The van der Waals surface area contributed by atoms with E-state index in [-0.39, 0.29) is 35.0 Å². The molecule has 2 unspecified atom stereocenters. The maximum atomic E-state index is 15.3. The third kappa shape index (κ3) is 6.47. The minimum atomic E-state index is -1.00. The van der Waals surface area contributed by atoms with Crippen LogP contribution in [0, 0.1) is 17.6 Å². The summed E-state index contributed by atoms with van der Waals surface area (Å²) in [5.41, 5.74) is 4.23. The maximum absolute atomic E-state index is 15.3. The molecule has 1 N–H and O–H groups in total. The van der Waals surface area contributed by atoms with E-state index in [1.54, 1.807) is 6.07 Å². The number of carbonyl (C=O) groups excluding carboxylic acids is 2. The Labute approximate surface area is 342 Å². The molecule has 10 rings (SSSR count). The summed E-state index contributed by atoms with van der Waals surface area (Å²) in [6.07, 6.45) is 11.5. The van der Waals surface area contributed by atoms with Crippen LogP contribution < -0.4 is 15.8 Å². The van der Waals surface area contributed by atoms with E-state index in [2.05, 4.69) is 33.0 Å². The highest BCUT2D eigenvalue weighted by molar-refractivity contribution is 6.35. The van der Waals surface area contributed by atoms with E-state index >= 15 is 8.78 Å². The van der Waals surface area contributed by atoms with Crippen molar-refractivity contribution in [3.8, 4) is 5.69 Å². The Morgan fingerprint density at radius 2 is 1.62 bits per heavy atom. The van der Waals surface area contributed by atoms with Gasteiger partial charge in [-0.3, -0.25) is 24.3 Å². The second-order valence-corrected chi connectivity index (χ2v) is 18.3. The lowest BCUT2D eigenvalue weighted by molar-refractivity contribution is -0.134. The van der Waals surface area contributed by atoms with Crippen LogP contribution in [0.25, 0.3) is 16.6 Å². The van der Waals surface area contributed by atoms with Gasteiger partial charge in [0.05, 0.1) is 45.2 Å². The maximum Gasteiger partial charge on any atom is 0.282 e. The summed E-state index contributed by atoms with van der Waals surface area (Å²) in [5.74, 6) is -1.72. The first kappa shape index (κ1) is 38.0. The van der Waals surface area contributed by atoms with Gasteiger partial charge in [-0.1, -0.05) is 49.1 Å². The highest BCUT2D eigenvalue weighted by Gasteiger charge is 2.47. The number of hydrogen-bond donors (Lipinski definition) is 1. The van der Waals surface area contributed by atoms with Crippen LogP contribution in [0.2, 0.25) is 5.02 Å². The summed E-state index contributed by atoms with van der Waals surface area (Å²) in [6, 6.07) is 15.5. The molecule has 1 aromatic heterocycles. The number of nitrogens with zero attached hydrogens (tertiary/aromatic N) is 4. The van der Waals surface area contributed by atoms with Crippen LogP contribution in [0.4, 0.5) is 14.5 Å². The number of halogens is 3. The number of nitrogens with one attached hydrogen (secondary N) is 1. The fourth-order valence-corrected chi connectivity index (χ4v) is 11.7. The highest BCUT2D eigenvalue weighted by atomic mass is 35.5. The molecular weight excluding hydrogens is 760 g/mol. The average molecular weight is 810 g/mol. The quantitative estimate of drug-likeness (QED) is 0.204. The van der Waals surface area contributed by atoms with Gasteiger partial charge in [0.2, 0.25) is 11.8 Å². The van der Waals surface area contributed by atoms with Gasteiger partial charge in [0.15, 0.2) is 0 Å². The van der Waals surface area contributed by atoms with Crippen molar-refractivity contribution < 1.29 is 23.1 Å². The van der Waals surface area contributed by atoms with Gasteiger partial charge in [0.1, 0.15) is 17.5 Å². The summed E-state index contributed by atoms with van der Waals surface area (Å²) >= 11 is 6.60. The second kappa shape index (κ2) is 14.8. The average Bonchev–Trinajstić information content (AvgIpc) is 3.47. The number of aromatic nitrogens is 2. The lowest BCUT2D eigenvalue weighted by Crippen LogP contribution is -2.50. The molecule has 1 aliphatic carbocycles. The van der Waals surface area contributed by atoms with E-state index in [0.29, 0.717) is 41.0 Å². The summed E-state index contributed by atoms with van der Waals surface area (Å²) in [5, 5.41) is 3.15. The Morgan fingerprint density at radius 1 is 0.862 bits per heavy atom. The Bertz CT molecular complexity index is 2330. The van der Waals surface area contributed by atoms with Crippen LogP contribution in [0.5, 0.6) is 0 Å². The molecular formula is C46H50ClF2N5O4. The van der Waals surface area contributed by atoms with Crippen LogP contribution >= 0.6 is 11.6 Å². The zero-order valence-corrected chi connectivity index (χ0v) is 33.6. The normalized spacial score (nSPS) is 24.6. The first-order chi connectivity index (χ1) is 28.1. The molecule has 58 heavy (non-hydrogen) atoms.